The van der Waals surface area contributed by atoms with Crippen LogP contribution in [-0.4, -0.2) is 42.1 Å². The summed E-state index contributed by atoms with van der Waals surface area (Å²) in [5.74, 6) is 0.0978. The maximum Gasteiger partial charge on any atom is 0.228 e. The number of nitrogens with zero attached hydrogens (tertiary/aromatic N) is 2. The predicted molar refractivity (Wildman–Crippen MR) is 67.0 cm³/mol. The smallest absolute Gasteiger partial charge is 0.228 e. The molecule has 1 aliphatic heterocycles. The molecule has 0 aliphatic carbocycles. The lowest BCUT2D eigenvalue weighted by molar-refractivity contribution is -0.134. The Morgan fingerprint density at radius 1 is 1.41 bits per heavy atom. The Kier molecular flexibility index (Phi) is 5.18. The predicted octanol–water partition coefficient (Wildman–Crippen LogP) is 0.487. The monoisotopic (exact) mass is 257 g/mol. The minimum Gasteiger partial charge on any atom is -0.397 e. The second kappa shape index (κ2) is 6.42. The topological polar surface area (TPSA) is 68.5 Å². The van der Waals surface area contributed by atoms with Crippen LogP contribution < -0.4 is 5.73 Å². The van der Waals surface area contributed by atoms with Crippen LogP contribution in [0.2, 0.25) is 0 Å². The summed E-state index contributed by atoms with van der Waals surface area (Å²) >= 11 is 0. The molecule has 2 rings (SSSR count). The number of amides is 1. The Hall–Kier alpha value is -1.33. The van der Waals surface area contributed by atoms with Crippen LogP contribution in [0.1, 0.15) is 5.69 Å². The average Bonchev–Trinajstić information content (AvgIpc) is 2.33. The molecule has 1 amide bonds. The number of nitrogens with two attached hydrogens (primary N) is 1. The van der Waals surface area contributed by atoms with E-state index in [9.17, 15) is 4.79 Å². The number of nitrogen functional groups attached to an aromatic ring is 1. The second-order valence-electron chi connectivity index (χ2n) is 3.75. The summed E-state index contributed by atoms with van der Waals surface area (Å²) in [4.78, 5) is 17.8. The van der Waals surface area contributed by atoms with Gasteiger partial charge < -0.3 is 15.4 Å². The lowest BCUT2D eigenvalue weighted by atomic mass is 10.2. The van der Waals surface area contributed by atoms with E-state index in [0.717, 1.165) is 5.69 Å². The summed E-state index contributed by atoms with van der Waals surface area (Å²) in [6, 6.07) is 3.54. The highest BCUT2D eigenvalue weighted by atomic mass is 35.5. The van der Waals surface area contributed by atoms with Crippen LogP contribution in [0.25, 0.3) is 0 Å². The van der Waals surface area contributed by atoms with E-state index < -0.39 is 0 Å². The van der Waals surface area contributed by atoms with Gasteiger partial charge in [-0.3, -0.25) is 9.78 Å². The molecule has 2 heterocycles. The molecule has 0 spiro atoms. The number of aromatic nitrogens is 1. The molecule has 0 bridgehead atoms. The Balaban J connectivity index is 0.00000144. The number of morpholine rings is 1. The van der Waals surface area contributed by atoms with Gasteiger partial charge in [-0.2, -0.15) is 0 Å². The standard InChI is InChI=1S/C11H15N3O2.ClH/c12-9-1-2-10(13-8-9)7-11(15)14-3-5-16-6-4-14;/h1-2,8H,3-7,12H2;1H. The molecule has 0 radical (unpaired) electrons. The van der Waals surface area contributed by atoms with Gasteiger partial charge in [-0.25, -0.2) is 0 Å². The van der Waals surface area contributed by atoms with Crippen LogP contribution >= 0.6 is 12.4 Å². The molecule has 6 heteroatoms. The van der Waals surface area contributed by atoms with Gasteiger partial charge in [-0.05, 0) is 12.1 Å². The molecule has 0 saturated carbocycles. The van der Waals surface area contributed by atoms with E-state index >= 15 is 0 Å². The van der Waals surface area contributed by atoms with Gasteiger partial charge in [0.2, 0.25) is 5.91 Å². The van der Waals surface area contributed by atoms with Crippen molar-refractivity contribution in [3.63, 3.8) is 0 Å². The summed E-state index contributed by atoms with van der Waals surface area (Å²) in [6.45, 7) is 2.60. The van der Waals surface area contributed by atoms with Crippen molar-refractivity contribution in [1.82, 2.24) is 9.88 Å². The summed E-state index contributed by atoms with van der Waals surface area (Å²) in [6.07, 6.45) is 1.90. The van der Waals surface area contributed by atoms with Crippen molar-refractivity contribution in [1.29, 1.82) is 0 Å². The average molecular weight is 258 g/mol. The number of carbonyl (C=O) groups excluding carboxylic acids is 1. The van der Waals surface area contributed by atoms with Gasteiger partial charge in [0.15, 0.2) is 0 Å². The zero-order valence-electron chi connectivity index (χ0n) is 9.46. The fraction of sp³-hybridized carbons (Fsp3) is 0.455. The largest absolute Gasteiger partial charge is 0.397 e. The maximum absolute atomic E-state index is 11.9. The van der Waals surface area contributed by atoms with Crippen LogP contribution in [0, 0.1) is 0 Å². The number of halogens is 1. The number of hydrogen-bond donors (Lipinski definition) is 1. The zero-order chi connectivity index (χ0) is 11.4. The van der Waals surface area contributed by atoms with Crippen LogP contribution in [0.5, 0.6) is 0 Å². The Labute approximate surface area is 106 Å². The summed E-state index contributed by atoms with van der Waals surface area (Å²) < 4.78 is 5.19. The highest BCUT2D eigenvalue weighted by Gasteiger charge is 2.17. The van der Waals surface area contributed by atoms with Crippen molar-refractivity contribution in [3.8, 4) is 0 Å². The van der Waals surface area contributed by atoms with E-state index in [-0.39, 0.29) is 18.3 Å². The molecule has 17 heavy (non-hydrogen) atoms. The van der Waals surface area contributed by atoms with Crippen molar-refractivity contribution >= 4 is 24.0 Å². The van der Waals surface area contributed by atoms with Crippen molar-refractivity contribution < 1.29 is 9.53 Å². The summed E-state index contributed by atoms with van der Waals surface area (Å²) in [5, 5.41) is 0. The first-order valence-electron chi connectivity index (χ1n) is 5.31. The fourth-order valence-corrected chi connectivity index (χ4v) is 1.62. The lowest BCUT2D eigenvalue weighted by Gasteiger charge is -2.26. The minimum absolute atomic E-state index is 0. The molecule has 0 atom stereocenters. The van der Waals surface area contributed by atoms with Gasteiger partial charge in [0.25, 0.3) is 0 Å². The van der Waals surface area contributed by atoms with Gasteiger partial charge in [0.1, 0.15) is 0 Å². The van der Waals surface area contributed by atoms with Crippen LogP contribution in [-0.2, 0) is 16.0 Å². The molecule has 1 aromatic heterocycles. The van der Waals surface area contributed by atoms with Gasteiger partial charge in [-0.15, -0.1) is 12.4 Å². The van der Waals surface area contributed by atoms with Gasteiger partial charge in [0, 0.05) is 18.8 Å². The number of ether oxygens (including phenoxy) is 1. The first-order chi connectivity index (χ1) is 7.75. The van der Waals surface area contributed by atoms with E-state index in [2.05, 4.69) is 4.98 Å². The van der Waals surface area contributed by atoms with Gasteiger partial charge in [-0.1, -0.05) is 0 Å². The molecule has 1 saturated heterocycles. The molecular formula is C11H16ClN3O2. The number of anilines is 1. The maximum atomic E-state index is 11.9. The van der Waals surface area contributed by atoms with Crippen molar-refractivity contribution in [2.24, 2.45) is 0 Å². The van der Waals surface area contributed by atoms with Crippen LogP contribution in [0.3, 0.4) is 0 Å². The second-order valence-corrected chi connectivity index (χ2v) is 3.75. The molecule has 0 unspecified atom stereocenters. The zero-order valence-corrected chi connectivity index (χ0v) is 10.3. The van der Waals surface area contributed by atoms with E-state index in [0.29, 0.717) is 38.4 Å². The molecular weight excluding hydrogens is 242 g/mol. The third-order valence-corrected chi connectivity index (χ3v) is 2.54. The third-order valence-electron chi connectivity index (χ3n) is 2.54. The molecule has 1 fully saturated rings. The number of pyridine rings is 1. The minimum atomic E-state index is 0. The summed E-state index contributed by atoms with van der Waals surface area (Å²) in [5.41, 5.74) is 6.89. The van der Waals surface area contributed by atoms with Crippen LogP contribution in [0.4, 0.5) is 5.69 Å². The highest BCUT2D eigenvalue weighted by molar-refractivity contribution is 5.85. The first kappa shape index (κ1) is 13.7. The van der Waals surface area contributed by atoms with E-state index in [1.165, 1.54) is 0 Å². The normalized spacial score (nSPS) is 15.2. The Bertz CT molecular complexity index is 363. The Morgan fingerprint density at radius 3 is 2.71 bits per heavy atom. The number of carbonyl (C=O) groups is 1. The fourth-order valence-electron chi connectivity index (χ4n) is 1.62. The van der Waals surface area contributed by atoms with E-state index in [1.54, 1.807) is 18.3 Å². The van der Waals surface area contributed by atoms with Crippen LogP contribution in [0.15, 0.2) is 18.3 Å². The van der Waals surface area contributed by atoms with Gasteiger partial charge >= 0.3 is 0 Å². The summed E-state index contributed by atoms with van der Waals surface area (Å²) in [7, 11) is 0. The SMILES string of the molecule is Cl.Nc1ccc(CC(=O)N2CCOCC2)nc1. The third kappa shape index (κ3) is 3.87. The molecule has 5 nitrogen and oxygen atoms in total. The molecule has 2 N–H and O–H groups in total. The first-order valence-corrected chi connectivity index (χ1v) is 5.31. The molecule has 0 aromatic carbocycles. The van der Waals surface area contributed by atoms with E-state index in [4.69, 9.17) is 10.5 Å². The molecule has 94 valence electrons. The Morgan fingerprint density at radius 2 is 2.12 bits per heavy atom. The highest BCUT2D eigenvalue weighted by Crippen LogP contribution is 2.05. The van der Waals surface area contributed by atoms with Crippen molar-refractivity contribution in [3.05, 3.63) is 24.0 Å². The number of rotatable bonds is 2. The van der Waals surface area contributed by atoms with E-state index in [1.807, 2.05) is 4.90 Å². The van der Waals surface area contributed by atoms with Gasteiger partial charge in [0.05, 0.1) is 31.5 Å². The lowest BCUT2D eigenvalue weighted by Crippen LogP contribution is -2.41. The molecule has 1 aromatic rings. The van der Waals surface area contributed by atoms with Crippen molar-refractivity contribution in [2.45, 2.75) is 6.42 Å². The number of hydrogen-bond acceptors (Lipinski definition) is 4. The van der Waals surface area contributed by atoms with Crippen molar-refractivity contribution in [2.75, 3.05) is 32.0 Å². The quantitative estimate of drug-likeness (QED) is 0.837. The molecule has 1 aliphatic rings.